The molecule has 8 aliphatic rings. The number of Topliss-reactive ketones (excluding diaryl/α,β-unsaturated/α-hetero) is 1. The Balaban J connectivity index is 0.000000174. The van der Waals surface area contributed by atoms with Crippen molar-refractivity contribution in [1.29, 1.82) is 0 Å². The number of rotatable bonds is 10. The highest BCUT2D eigenvalue weighted by atomic mass is 16.3. The van der Waals surface area contributed by atoms with E-state index in [1.807, 2.05) is 0 Å². The van der Waals surface area contributed by atoms with Gasteiger partial charge in [-0.25, -0.2) is 0 Å². The fraction of sp³-hybridized carbons (Fsp3) is 0.945. The molecule has 8 aliphatic carbocycles. The summed E-state index contributed by atoms with van der Waals surface area (Å²) in [7, 11) is 0. The monoisotopic (exact) mass is 787 g/mol. The highest BCUT2D eigenvalue weighted by Crippen LogP contribution is 2.69. The molecule has 0 aromatic heterocycles. The Morgan fingerprint density at radius 1 is 0.614 bits per heavy atom. The molecule has 0 spiro atoms. The van der Waals surface area contributed by atoms with Crippen LogP contribution in [0.3, 0.4) is 0 Å². The fourth-order valence-electron chi connectivity index (χ4n) is 17.7. The number of aliphatic hydroxyl groups excluding tert-OH is 1. The molecule has 7 fully saturated rings. The van der Waals surface area contributed by atoms with Crippen LogP contribution in [0, 0.1) is 105 Å². The van der Waals surface area contributed by atoms with Crippen LogP contribution in [0.2, 0.25) is 0 Å². The van der Waals surface area contributed by atoms with Crippen molar-refractivity contribution in [2.75, 3.05) is 0 Å². The molecule has 2 nitrogen and oxygen atoms in total. The van der Waals surface area contributed by atoms with E-state index in [9.17, 15) is 9.90 Å². The molecule has 57 heavy (non-hydrogen) atoms. The molecular formula is C55H94O2. The predicted molar refractivity (Wildman–Crippen MR) is 242 cm³/mol. The van der Waals surface area contributed by atoms with Crippen LogP contribution in [0.15, 0.2) is 11.6 Å². The number of allylic oxidation sites excluding steroid dienone is 1. The smallest absolute Gasteiger partial charge is 0.133 e. The summed E-state index contributed by atoms with van der Waals surface area (Å²) in [6, 6.07) is 0. The Bertz CT molecular complexity index is 1410. The maximum Gasteiger partial charge on any atom is 0.133 e. The molecule has 0 aromatic carbocycles. The molecule has 1 N–H and O–H groups in total. The van der Waals surface area contributed by atoms with E-state index < -0.39 is 0 Å². The molecule has 0 bridgehead atoms. The first kappa shape index (κ1) is 44.4. The molecular weight excluding hydrogens is 693 g/mol. The van der Waals surface area contributed by atoms with E-state index in [2.05, 4.69) is 82.2 Å². The van der Waals surface area contributed by atoms with Crippen molar-refractivity contribution in [1.82, 2.24) is 0 Å². The van der Waals surface area contributed by atoms with Crippen LogP contribution < -0.4 is 0 Å². The van der Waals surface area contributed by atoms with Crippen molar-refractivity contribution in [2.45, 2.75) is 224 Å². The molecule has 1 unspecified atom stereocenters. The Morgan fingerprint density at radius 2 is 1.23 bits per heavy atom. The van der Waals surface area contributed by atoms with E-state index in [4.69, 9.17) is 0 Å². The highest BCUT2D eigenvalue weighted by molar-refractivity contribution is 5.79. The molecule has 326 valence electrons. The van der Waals surface area contributed by atoms with Crippen molar-refractivity contribution < 1.29 is 9.90 Å². The highest BCUT2D eigenvalue weighted by Gasteiger charge is 2.61. The molecule has 0 radical (unpaired) electrons. The van der Waals surface area contributed by atoms with Gasteiger partial charge in [0.25, 0.3) is 0 Å². The van der Waals surface area contributed by atoms with Gasteiger partial charge in [0.15, 0.2) is 0 Å². The maximum atomic E-state index is 12.1. The van der Waals surface area contributed by atoms with E-state index in [1.165, 1.54) is 116 Å². The molecule has 2 heteroatoms. The van der Waals surface area contributed by atoms with Crippen LogP contribution in [0.1, 0.15) is 217 Å². The summed E-state index contributed by atoms with van der Waals surface area (Å²) >= 11 is 0. The first-order valence-corrected chi connectivity index (χ1v) is 25.8. The van der Waals surface area contributed by atoms with Crippen molar-refractivity contribution in [3.63, 3.8) is 0 Å². The van der Waals surface area contributed by atoms with E-state index in [1.54, 1.807) is 5.57 Å². The van der Waals surface area contributed by atoms with E-state index in [0.717, 1.165) is 103 Å². The van der Waals surface area contributed by atoms with Crippen LogP contribution in [-0.2, 0) is 4.79 Å². The van der Waals surface area contributed by atoms with E-state index in [0.29, 0.717) is 33.4 Å². The zero-order valence-corrected chi connectivity index (χ0v) is 39.6. The molecule has 0 heterocycles. The number of ketones is 1. The summed E-state index contributed by atoms with van der Waals surface area (Å²) in [5, 5.41) is 10.2. The molecule has 0 amide bonds. The summed E-state index contributed by atoms with van der Waals surface area (Å²) < 4.78 is 0. The minimum Gasteiger partial charge on any atom is -0.393 e. The van der Waals surface area contributed by atoms with Crippen LogP contribution in [0.25, 0.3) is 0 Å². The van der Waals surface area contributed by atoms with Gasteiger partial charge in [0, 0.05) is 12.8 Å². The Kier molecular flexibility index (Phi) is 13.5. The minimum absolute atomic E-state index is 0.0790. The number of fused-ring (bicyclic) bond motifs is 10. The van der Waals surface area contributed by atoms with Crippen LogP contribution in [0.4, 0.5) is 0 Å². The summed E-state index contributed by atoms with van der Waals surface area (Å²) in [4.78, 5) is 12.1. The minimum atomic E-state index is -0.0790. The average molecular weight is 787 g/mol. The third-order valence-electron chi connectivity index (χ3n) is 21.7. The summed E-state index contributed by atoms with van der Waals surface area (Å²) in [5.74, 6) is 13.1. The van der Waals surface area contributed by atoms with Gasteiger partial charge in [0.05, 0.1) is 6.10 Å². The fourth-order valence-corrected chi connectivity index (χ4v) is 17.7. The normalized spacial score (nSPS) is 46.6. The zero-order chi connectivity index (χ0) is 41.1. The van der Waals surface area contributed by atoms with Crippen molar-refractivity contribution in [2.24, 2.45) is 105 Å². The lowest BCUT2D eigenvalue weighted by atomic mass is 9.44. The van der Waals surface area contributed by atoms with Gasteiger partial charge in [-0.15, -0.1) is 0 Å². The second kappa shape index (κ2) is 17.3. The van der Waals surface area contributed by atoms with Crippen LogP contribution >= 0.6 is 0 Å². The van der Waals surface area contributed by atoms with Gasteiger partial charge >= 0.3 is 0 Å². The Morgan fingerprint density at radius 3 is 1.88 bits per heavy atom. The number of hydrogen-bond donors (Lipinski definition) is 1. The van der Waals surface area contributed by atoms with Gasteiger partial charge in [-0.05, 0) is 201 Å². The number of carbonyl (C=O) groups excluding carboxylic acids is 1. The van der Waals surface area contributed by atoms with Crippen molar-refractivity contribution in [3.05, 3.63) is 11.6 Å². The van der Waals surface area contributed by atoms with Gasteiger partial charge < -0.3 is 5.11 Å². The first-order chi connectivity index (χ1) is 26.9. The summed E-state index contributed by atoms with van der Waals surface area (Å²) in [6.45, 7) is 27.7. The van der Waals surface area contributed by atoms with Gasteiger partial charge in [-0.3, -0.25) is 4.79 Å². The largest absolute Gasteiger partial charge is 0.393 e. The predicted octanol–water partition coefficient (Wildman–Crippen LogP) is 15.3. The lowest BCUT2D eigenvalue weighted by molar-refractivity contribution is -0.140. The van der Waals surface area contributed by atoms with Gasteiger partial charge in [0.1, 0.15) is 5.78 Å². The van der Waals surface area contributed by atoms with E-state index >= 15 is 0 Å². The molecule has 0 aliphatic heterocycles. The lowest BCUT2D eigenvalue weighted by Crippen LogP contribution is -2.53. The van der Waals surface area contributed by atoms with Crippen LogP contribution in [0.5, 0.6) is 0 Å². The Labute approximate surface area is 354 Å². The van der Waals surface area contributed by atoms with Gasteiger partial charge in [-0.1, -0.05) is 120 Å². The Hall–Kier alpha value is -0.630. The summed E-state index contributed by atoms with van der Waals surface area (Å²) in [5.41, 5.74) is 3.66. The van der Waals surface area contributed by atoms with Gasteiger partial charge in [-0.2, -0.15) is 0 Å². The van der Waals surface area contributed by atoms with Gasteiger partial charge in [0.2, 0.25) is 0 Å². The average Bonchev–Trinajstić information content (AvgIpc) is 3.71. The van der Waals surface area contributed by atoms with Crippen LogP contribution in [-0.4, -0.2) is 17.0 Å². The summed E-state index contributed by atoms with van der Waals surface area (Å²) in [6.07, 6.45) is 31.6. The standard InChI is InChI=1S/C28H48O.C27H46O/c1-18(2)19(3)7-8-20(4)24-11-12-25-23-10-9-21-17-22(29)13-15-27(21,5)26(23)14-16-28(24,25)6;1-18(2)7-6-8-19(3)23-11-12-24-22-10-9-20-17-21(28)13-15-26(20,4)25(22)14-16-27(23,24)5/h9,18-20,22-26,29H,7-8,10-17H2,1-6H3;18-20,22-25H,6-17H2,1-5H3/t19-,20-,22+,23+,24-,25+,26+,27+,28-;19-,20?,22+,23-,24+,25+,26+,27-/m11/s1. The topological polar surface area (TPSA) is 37.3 Å². The van der Waals surface area contributed by atoms with Crippen molar-refractivity contribution >= 4 is 5.78 Å². The molecule has 0 saturated heterocycles. The number of aliphatic hydroxyl groups is 1. The SMILES string of the molecule is CC(C)CCC[C@@H](C)[C@H]1CC[C@H]2[C@@H]3CCC4CC(=O)CC[C@]4(C)[C@H]3CC[C@]12C.CC(C)[C@H](C)CC[C@@H](C)[C@H]1CC[C@H]2[C@@H]3CC=C4C[C@@H](O)CC[C@]4(C)[C@H]3CC[C@]12C. The second-order valence-electron chi connectivity index (χ2n) is 25.1. The number of carbonyl (C=O) groups is 1. The zero-order valence-electron chi connectivity index (χ0n) is 39.6. The lowest BCUT2D eigenvalue weighted by Gasteiger charge is -2.60. The van der Waals surface area contributed by atoms with Crippen molar-refractivity contribution in [3.8, 4) is 0 Å². The second-order valence-corrected chi connectivity index (χ2v) is 25.1. The quantitative estimate of drug-likeness (QED) is 0.224. The van der Waals surface area contributed by atoms with E-state index in [-0.39, 0.29) is 6.10 Å². The number of hydrogen-bond acceptors (Lipinski definition) is 2. The molecule has 17 atom stereocenters. The molecule has 8 rings (SSSR count). The first-order valence-electron chi connectivity index (χ1n) is 25.8. The third kappa shape index (κ3) is 8.24. The molecule has 7 saturated carbocycles. The third-order valence-corrected chi connectivity index (χ3v) is 21.7. The maximum absolute atomic E-state index is 12.1. The molecule has 0 aromatic rings.